The summed E-state index contributed by atoms with van der Waals surface area (Å²) in [7, 11) is 3.27. The van der Waals surface area contributed by atoms with Gasteiger partial charge in [-0.05, 0) is 67.1 Å². The molecule has 0 radical (unpaired) electrons. The molecular weight excluding hydrogens is 516 g/mol. The summed E-state index contributed by atoms with van der Waals surface area (Å²) in [6.07, 6.45) is 3.00. The first-order valence-corrected chi connectivity index (χ1v) is 14.0. The number of carboxylic acids is 1. The quantitative estimate of drug-likeness (QED) is 0.245. The zero-order chi connectivity index (χ0) is 29.1. The third-order valence-electron chi connectivity index (χ3n) is 8.24. The molecular formula is C31H41F2N3O4. The second kappa shape index (κ2) is 12.1. The maximum absolute atomic E-state index is 14.1. The van der Waals surface area contributed by atoms with E-state index < -0.39 is 17.3 Å². The summed E-state index contributed by atoms with van der Waals surface area (Å²) in [5, 5.41) is 14.0. The Morgan fingerprint density at radius 1 is 1.20 bits per heavy atom. The van der Waals surface area contributed by atoms with Crippen LogP contribution in [0.1, 0.15) is 72.6 Å². The highest BCUT2D eigenvalue weighted by atomic mass is 19.3. The number of hydrogen-bond acceptors (Lipinski definition) is 5. The van der Waals surface area contributed by atoms with Gasteiger partial charge in [0.1, 0.15) is 5.75 Å². The Morgan fingerprint density at radius 2 is 1.95 bits per heavy atom. The van der Waals surface area contributed by atoms with Crippen LogP contribution < -0.4 is 10.1 Å². The van der Waals surface area contributed by atoms with Crippen molar-refractivity contribution in [2.75, 3.05) is 39.2 Å². The van der Waals surface area contributed by atoms with E-state index in [4.69, 9.17) is 9.47 Å². The van der Waals surface area contributed by atoms with Crippen LogP contribution in [0.2, 0.25) is 0 Å². The highest BCUT2D eigenvalue weighted by molar-refractivity contribution is 5.89. The van der Waals surface area contributed by atoms with Gasteiger partial charge in [0, 0.05) is 67.4 Å². The molecule has 3 N–H and O–H groups in total. The molecule has 9 heteroatoms. The summed E-state index contributed by atoms with van der Waals surface area (Å²) < 4.78 is 39.2. The molecule has 1 aliphatic carbocycles. The van der Waals surface area contributed by atoms with Gasteiger partial charge in [0.05, 0.1) is 19.3 Å². The minimum Gasteiger partial charge on any atom is -0.496 e. The first kappa shape index (κ1) is 29.8. The molecule has 1 aliphatic heterocycles. The molecule has 3 aromatic rings. The number of ether oxygens (including phenoxy) is 2. The van der Waals surface area contributed by atoms with Crippen LogP contribution in [0.3, 0.4) is 0 Å². The molecule has 0 bridgehead atoms. The first-order chi connectivity index (χ1) is 19.1. The average molecular weight is 558 g/mol. The molecule has 2 aliphatic rings. The number of halogens is 2. The Morgan fingerprint density at radius 3 is 2.60 bits per heavy atom. The number of benzene rings is 2. The fraction of sp³-hybridized carbons (Fsp3) is 0.516. The van der Waals surface area contributed by atoms with Crippen molar-refractivity contribution < 1.29 is 28.2 Å². The number of H-pyrrole nitrogens is 1. The molecule has 5 rings (SSSR count). The molecule has 1 saturated carbocycles. The molecule has 1 atom stereocenters. The number of hydrogen-bond donors (Lipinski definition) is 3. The summed E-state index contributed by atoms with van der Waals surface area (Å²) in [5.41, 5.74) is 4.56. The highest BCUT2D eigenvalue weighted by Crippen LogP contribution is 2.61. The van der Waals surface area contributed by atoms with Gasteiger partial charge in [-0.25, -0.2) is 13.6 Å². The van der Waals surface area contributed by atoms with Crippen LogP contribution in [-0.2, 0) is 11.3 Å². The average Bonchev–Trinajstić information content (AvgIpc) is 3.42. The molecule has 2 aromatic carbocycles. The number of nitrogens with zero attached hydrogens (tertiary/aromatic N) is 1. The Bertz CT molecular complexity index is 1330. The van der Waals surface area contributed by atoms with E-state index in [1.807, 2.05) is 45.2 Å². The van der Waals surface area contributed by atoms with Gasteiger partial charge in [0.15, 0.2) is 0 Å². The van der Waals surface area contributed by atoms with Crippen LogP contribution in [0.15, 0.2) is 36.5 Å². The lowest BCUT2D eigenvalue weighted by molar-refractivity contribution is -0.186. The number of methoxy groups -OCH3 is 2. The highest BCUT2D eigenvalue weighted by Gasteiger charge is 2.58. The molecule has 0 amide bonds. The van der Waals surface area contributed by atoms with E-state index >= 15 is 0 Å². The number of piperidine rings is 1. The number of fused-ring (bicyclic) bond motifs is 1. The fourth-order valence-electron chi connectivity index (χ4n) is 6.45. The van der Waals surface area contributed by atoms with Crippen molar-refractivity contribution in [2.24, 2.45) is 5.41 Å². The smallest absolute Gasteiger partial charge is 0.335 e. The van der Waals surface area contributed by atoms with E-state index in [9.17, 15) is 18.7 Å². The number of aromatic carboxylic acids is 1. The van der Waals surface area contributed by atoms with Crippen LogP contribution >= 0.6 is 0 Å². The van der Waals surface area contributed by atoms with Crippen molar-refractivity contribution in [3.63, 3.8) is 0 Å². The first-order valence-electron chi connectivity index (χ1n) is 14.0. The van der Waals surface area contributed by atoms with Gasteiger partial charge in [-0.2, -0.15) is 0 Å². The fourth-order valence-corrected chi connectivity index (χ4v) is 6.45. The van der Waals surface area contributed by atoms with E-state index in [0.717, 1.165) is 33.3 Å². The number of carbonyl (C=O) groups is 1. The third-order valence-corrected chi connectivity index (χ3v) is 8.24. The summed E-state index contributed by atoms with van der Waals surface area (Å²) in [6.45, 7) is 8.22. The van der Waals surface area contributed by atoms with Gasteiger partial charge < -0.3 is 24.9 Å². The number of carboxylic acid groups (broad SMARTS) is 1. The van der Waals surface area contributed by atoms with Crippen LogP contribution in [0.4, 0.5) is 14.5 Å². The number of aryl methyl sites for hydroxylation is 1. The minimum absolute atomic E-state index is 0.0973. The molecule has 2 fully saturated rings. The van der Waals surface area contributed by atoms with Gasteiger partial charge >= 0.3 is 5.97 Å². The molecule has 218 valence electrons. The maximum Gasteiger partial charge on any atom is 0.335 e. The molecule has 1 unspecified atom stereocenters. The summed E-state index contributed by atoms with van der Waals surface area (Å²) in [6, 6.07) is 8.98. The van der Waals surface area contributed by atoms with Gasteiger partial charge in [-0.3, -0.25) is 4.90 Å². The van der Waals surface area contributed by atoms with Crippen molar-refractivity contribution in [3.8, 4) is 5.75 Å². The van der Waals surface area contributed by atoms with Crippen molar-refractivity contribution in [3.05, 3.63) is 58.8 Å². The Kier molecular flexibility index (Phi) is 9.05. The van der Waals surface area contributed by atoms with Gasteiger partial charge in [0.25, 0.3) is 0 Å². The molecule has 1 spiro atoms. The second-order valence-electron chi connectivity index (χ2n) is 10.8. The molecule has 40 heavy (non-hydrogen) atoms. The molecule has 2 heterocycles. The SMILES string of the molecule is CC.COCCNc1cc(C(=O)O)ccc1C1CC2(CCN1Cc1c(OC)cc(C)c3[nH]ccc13)CC(F)(F)C2. The molecule has 1 saturated heterocycles. The summed E-state index contributed by atoms with van der Waals surface area (Å²) >= 11 is 0. The zero-order valence-electron chi connectivity index (χ0n) is 24.1. The van der Waals surface area contributed by atoms with Crippen molar-refractivity contribution in [1.82, 2.24) is 9.88 Å². The van der Waals surface area contributed by atoms with Gasteiger partial charge in [-0.15, -0.1) is 0 Å². The standard InChI is InChI=1S/C29H35F2N3O4.C2H6/c1-18-12-25(38-3)22(20-6-8-33-26(18)20)15-34-10-7-28(16-29(30,31)17-28)14-24(34)21-5-4-19(27(35)36)13-23(21)32-9-11-37-2;1-2/h4-6,8,12-13,24,32-33H,7,9-11,14-17H2,1-3H3,(H,35,36);1-2H3. The summed E-state index contributed by atoms with van der Waals surface area (Å²) in [5.74, 6) is -2.83. The van der Waals surface area contributed by atoms with Crippen LogP contribution in [-0.4, -0.2) is 60.8 Å². The predicted octanol–water partition coefficient (Wildman–Crippen LogP) is 7.02. The number of likely N-dealkylation sites (tertiary alicyclic amines) is 1. The normalized spacial score (nSPS) is 19.5. The van der Waals surface area contributed by atoms with E-state index in [1.165, 1.54) is 0 Å². The number of aromatic nitrogens is 1. The van der Waals surface area contributed by atoms with E-state index in [0.29, 0.717) is 44.8 Å². The van der Waals surface area contributed by atoms with Gasteiger partial charge in [-0.1, -0.05) is 19.9 Å². The second-order valence-corrected chi connectivity index (χ2v) is 10.8. The van der Waals surface area contributed by atoms with Crippen LogP contribution in [0.25, 0.3) is 10.9 Å². The lowest BCUT2D eigenvalue weighted by Crippen LogP contribution is -2.53. The zero-order valence-corrected chi connectivity index (χ0v) is 24.1. The van der Waals surface area contributed by atoms with E-state index in [2.05, 4.69) is 15.2 Å². The van der Waals surface area contributed by atoms with Crippen LogP contribution in [0, 0.1) is 12.3 Å². The third kappa shape index (κ3) is 5.95. The van der Waals surface area contributed by atoms with Crippen LogP contribution in [0.5, 0.6) is 5.75 Å². The topological polar surface area (TPSA) is 86.8 Å². The number of rotatable bonds is 9. The van der Waals surface area contributed by atoms with Crippen molar-refractivity contribution in [2.45, 2.75) is 65.0 Å². The lowest BCUT2D eigenvalue weighted by Gasteiger charge is -2.55. The number of nitrogens with one attached hydrogen (secondary N) is 2. The van der Waals surface area contributed by atoms with Gasteiger partial charge in [0.2, 0.25) is 5.92 Å². The molecule has 1 aromatic heterocycles. The monoisotopic (exact) mass is 557 g/mol. The van der Waals surface area contributed by atoms with Crippen molar-refractivity contribution >= 4 is 22.6 Å². The Labute approximate surface area is 234 Å². The van der Waals surface area contributed by atoms with E-state index in [1.54, 1.807) is 26.4 Å². The minimum atomic E-state index is -2.61. The summed E-state index contributed by atoms with van der Waals surface area (Å²) in [4.78, 5) is 17.4. The number of alkyl halides is 2. The Balaban J connectivity index is 0.00000181. The number of anilines is 1. The predicted molar refractivity (Wildman–Crippen MR) is 154 cm³/mol. The largest absolute Gasteiger partial charge is 0.496 e. The molecule has 7 nitrogen and oxygen atoms in total. The maximum atomic E-state index is 14.1. The van der Waals surface area contributed by atoms with Crippen molar-refractivity contribution in [1.29, 1.82) is 0 Å². The Hall–Kier alpha value is -3.17. The lowest BCUT2D eigenvalue weighted by atomic mass is 9.58. The number of aromatic amines is 1. The van der Waals surface area contributed by atoms with E-state index in [-0.39, 0.29) is 24.4 Å².